The van der Waals surface area contributed by atoms with Crippen LogP contribution in [0.15, 0.2) is 36.7 Å². The summed E-state index contributed by atoms with van der Waals surface area (Å²) < 4.78 is 30.7. The van der Waals surface area contributed by atoms with Crippen LogP contribution in [-0.2, 0) is 4.79 Å². The molecule has 33 heavy (non-hydrogen) atoms. The van der Waals surface area contributed by atoms with E-state index in [4.69, 9.17) is 5.73 Å². The van der Waals surface area contributed by atoms with Crippen molar-refractivity contribution in [3.63, 3.8) is 0 Å². The maximum absolute atomic E-state index is 14.4. The van der Waals surface area contributed by atoms with Crippen molar-refractivity contribution < 1.29 is 13.6 Å². The Morgan fingerprint density at radius 3 is 2.91 bits per heavy atom. The van der Waals surface area contributed by atoms with E-state index in [1.165, 1.54) is 23.0 Å². The summed E-state index contributed by atoms with van der Waals surface area (Å²) in [4.78, 5) is 16.5. The topological polar surface area (TPSA) is 142 Å². The van der Waals surface area contributed by atoms with Gasteiger partial charge in [-0.15, -0.1) is 10.2 Å². The number of amides is 1. The van der Waals surface area contributed by atoms with Gasteiger partial charge in [-0.05, 0) is 47.9 Å². The number of nitrogens with one attached hydrogen (secondary N) is 1. The molecule has 1 aromatic carbocycles. The van der Waals surface area contributed by atoms with Crippen LogP contribution in [0.1, 0.15) is 25.3 Å². The Morgan fingerprint density at radius 1 is 1.15 bits per heavy atom. The Labute approximate surface area is 185 Å². The number of anilines is 1. The second kappa shape index (κ2) is 8.33. The molecule has 0 bridgehead atoms. The first-order chi connectivity index (χ1) is 16.0. The summed E-state index contributed by atoms with van der Waals surface area (Å²) in [5.74, 6) is -2.08. The van der Waals surface area contributed by atoms with Crippen molar-refractivity contribution in [2.24, 2.45) is 0 Å². The van der Waals surface area contributed by atoms with Gasteiger partial charge in [0, 0.05) is 18.3 Å². The third kappa shape index (κ3) is 3.77. The van der Waals surface area contributed by atoms with Crippen LogP contribution in [0.4, 0.5) is 14.6 Å². The molecule has 0 aliphatic carbocycles. The Hall–Kier alpha value is -4.29. The van der Waals surface area contributed by atoms with Gasteiger partial charge in [-0.25, -0.2) is 18.4 Å². The molecular weight excluding hydrogens is 434 g/mol. The minimum Gasteiger partial charge on any atom is -0.383 e. The summed E-state index contributed by atoms with van der Waals surface area (Å²) in [6.45, 7) is 0.642. The molecule has 13 heteroatoms. The molecule has 0 unspecified atom stereocenters. The highest BCUT2D eigenvalue weighted by molar-refractivity contribution is 5.80. The second-order valence-corrected chi connectivity index (χ2v) is 7.53. The highest BCUT2D eigenvalue weighted by Crippen LogP contribution is 2.30. The number of aromatic nitrogens is 8. The predicted molar refractivity (Wildman–Crippen MR) is 112 cm³/mol. The van der Waals surface area contributed by atoms with Gasteiger partial charge in [0.15, 0.2) is 17.5 Å². The SMILES string of the molecule is Nc1ncc(-c2cn([C@H]3CCCCNC3=O)nn2)cc1-c1nnnn1-c1cccc(F)c1F. The zero-order valence-corrected chi connectivity index (χ0v) is 17.2. The normalized spacial score (nSPS) is 16.4. The van der Waals surface area contributed by atoms with E-state index in [0.29, 0.717) is 29.8 Å². The number of nitrogens with two attached hydrogens (primary N) is 1. The fourth-order valence-corrected chi connectivity index (χ4v) is 3.70. The average molecular weight is 452 g/mol. The van der Waals surface area contributed by atoms with Crippen molar-refractivity contribution >= 4 is 11.7 Å². The highest BCUT2D eigenvalue weighted by atomic mass is 19.2. The van der Waals surface area contributed by atoms with E-state index in [9.17, 15) is 13.6 Å². The fraction of sp³-hybridized carbons (Fsp3) is 0.250. The molecule has 0 spiro atoms. The highest BCUT2D eigenvalue weighted by Gasteiger charge is 2.24. The number of carbonyl (C=O) groups is 1. The molecule has 4 aromatic rings. The largest absolute Gasteiger partial charge is 0.383 e. The van der Waals surface area contributed by atoms with Gasteiger partial charge in [0.1, 0.15) is 23.2 Å². The smallest absolute Gasteiger partial charge is 0.244 e. The van der Waals surface area contributed by atoms with Crippen molar-refractivity contribution in [1.29, 1.82) is 0 Å². The first kappa shape index (κ1) is 20.6. The molecule has 3 aromatic heterocycles. The van der Waals surface area contributed by atoms with Gasteiger partial charge in [0.2, 0.25) is 5.91 Å². The molecule has 4 heterocycles. The van der Waals surface area contributed by atoms with Crippen LogP contribution in [0, 0.1) is 11.6 Å². The Morgan fingerprint density at radius 2 is 2.03 bits per heavy atom. The number of pyridine rings is 1. The first-order valence-corrected chi connectivity index (χ1v) is 10.2. The Balaban J connectivity index is 1.52. The Kier molecular flexibility index (Phi) is 5.20. The fourth-order valence-electron chi connectivity index (χ4n) is 3.70. The van der Waals surface area contributed by atoms with Crippen LogP contribution in [0.3, 0.4) is 0 Å². The monoisotopic (exact) mass is 452 g/mol. The lowest BCUT2D eigenvalue weighted by Crippen LogP contribution is -2.31. The van der Waals surface area contributed by atoms with E-state index < -0.39 is 17.7 Å². The number of nitrogen functional groups attached to an aromatic ring is 1. The van der Waals surface area contributed by atoms with E-state index in [1.54, 1.807) is 12.3 Å². The van der Waals surface area contributed by atoms with Gasteiger partial charge < -0.3 is 11.1 Å². The number of rotatable bonds is 4. The lowest BCUT2D eigenvalue weighted by molar-refractivity contribution is -0.124. The number of halogens is 2. The van der Waals surface area contributed by atoms with Gasteiger partial charge in [0.05, 0.1) is 11.8 Å². The first-order valence-electron chi connectivity index (χ1n) is 10.2. The number of tetrazole rings is 1. The molecular formula is C20H18F2N10O. The van der Waals surface area contributed by atoms with Crippen molar-refractivity contribution in [3.05, 3.63) is 48.3 Å². The molecule has 5 rings (SSSR count). The molecule has 1 amide bonds. The summed E-state index contributed by atoms with van der Waals surface area (Å²) in [5.41, 5.74) is 7.16. The number of benzene rings is 1. The standard InChI is InChI=1S/C20H18F2N10O/c21-13-4-3-6-15(17(13)22)32-19(27-28-30-32)12-8-11(9-25-18(12)23)14-10-31(29-26-14)16-5-1-2-7-24-20(16)33/h3-4,6,8-10,16H,1-2,5,7H2,(H2,23,25)(H,24,33)/t16-/m0/s1. The summed E-state index contributed by atoms with van der Waals surface area (Å²) in [7, 11) is 0. The van der Waals surface area contributed by atoms with Crippen LogP contribution < -0.4 is 11.1 Å². The van der Waals surface area contributed by atoms with Crippen molar-refractivity contribution in [2.45, 2.75) is 25.3 Å². The van der Waals surface area contributed by atoms with Crippen LogP contribution in [0.5, 0.6) is 0 Å². The lowest BCUT2D eigenvalue weighted by atomic mass is 10.1. The van der Waals surface area contributed by atoms with E-state index in [1.807, 2.05) is 0 Å². The minimum absolute atomic E-state index is 0.0712. The quantitative estimate of drug-likeness (QED) is 0.476. The van der Waals surface area contributed by atoms with Gasteiger partial charge in [-0.1, -0.05) is 11.3 Å². The lowest BCUT2D eigenvalue weighted by Gasteiger charge is -2.12. The predicted octanol–water partition coefficient (Wildman–Crippen LogP) is 1.68. The average Bonchev–Trinajstić information content (AvgIpc) is 3.44. The van der Waals surface area contributed by atoms with E-state index in [-0.39, 0.29) is 23.2 Å². The molecule has 3 N–H and O–H groups in total. The summed E-state index contributed by atoms with van der Waals surface area (Å²) >= 11 is 0. The molecule has 1 aliphatic rings. The molecule has 1 aliphatic heterocycles. The van der Waals surface area contributed by atoms with Crippen LogP contribution >= 0.6 is 0 Å². The molecule has 0 saturated carbocycles. The number of hydrogen-bond acceptors (Lipinski definition) is 8. The van der Waals surface area contributed by atoms with Gasteiger partial charge in [-0.2, -0.15) is 4.68 Å². The summed E-state index contributed by atoms with van der Waals surface area (Å²) in [6, 6.07) is 4.87. The zero-order chi connectivity index (χ0) is 22.9. The van der Waals surface area contributed by atoms with Crippen molar-refractivity contribution in [1.82, 2.24) is 45.5 Å². The van der Waals surface area contributed by atoms with E-state index in [2.05, 4.69) is 36.1 Å². The summed E-state index contributed by atoms with van der Waals surface area (Å²) in [5, 5.41) is 22.4. The maximum atomic E-state index is 14.4. The third-order valence-corrected chi connectivity index (χ3v) is 5.42. The molecule has 168 valence electrons. The van der Waals surface area contributed by atoms with E-state index in [0.717, 1.165) is 23.6 Å². The van der Waals surface area contributed by atoms with Crippen LogP contribution in [0.2, 0.25) is 0 Å². The van der Waals surface area contributed by atoms with Crippen molar-refractivity contribution in [2.75, 3.05) is 12.3 Å². The third-order valence-electron chi connectivity index (χ3n) is 5.42. The van der Waals surface area contributed by atoms with Crippen LogP contribution in [0.25, 0.3) is 28.3 Å². The molecule has 1 fully saturated rings. The zero-order valence-electron chi connectivity index (χ0n) is 17.2. The second-order valence-electron chi connectivity index (χ2n) is 7.53. The number of hydrogen-bond donors (Lipinski definition) is 2. The van der Waals surface area contributed by atoms with E-state index >= 15 is 0 Å². The van der Waals surface area contributed by atoms with Crippen molar-refractivity contribution in [3.8, 4) is 28.3 Å². The molecule has 1 saturated heterocycles. The Bertz CT molecular complexity index is 1330. The minimum atomic E-state index is -1.10. The van der Waals surface area contributed by atoms with Gasteiger partial charge >= 0.3 is 0 Å². The van der Waals surface area contributed by atoms with Gasteiger partial charge in [-0.3, -0.25) is 4.79 Å². The molecule has 0 radical (unpaired) electrons. The number of nitrogens with zero attached hydrogens (tertiary/aromatic N) is 8. The molecule has 11 nitrogen and oxygen atoms in total. The van der Waals surface area contributed by atoms with Gasteiger partial charge in [0.25, 0.3) is 0 Å². The summed E-state index contributed by atoms with van der Waals surface area (Å²) in [6.07, 6.45) is 5.62. The van der Waals surface area contributed by atoms with Crippen LogP contribution in [-0.4, -0.2) is 52.6 Å². The molecule has 1 atom stereocenters. The number of carbonyl (C=O) groups excluding carboxylic acids is 1. The maximum Gasteiger partial charge on any atom is 0.244 e.